The zero-order chi connectivity index (χ0) is 5.11. The minimum absolute atomic E-state index is 0.600. The molecular formula is C2H3BN4. The smallest absolute Gasteiger partial charge is 0.144 e. The minimum atomic E-state index is 0.600. The molecule has 0 spiro atoms. The van der Waals surface area contributed by atoms with Crippen molar-refractivity contribution in [3.63, 3.8) is 0 Å². The quantitative estimate of drug-likeness (QED) is 0.334. The van der Waals surface area contributed by atoms with Gasteiger partial charge in [0.15, 0.2) is 14.2 Å². The van der Waals surface area contributed by atoms with Crippen molar-refractivity contribution in [2.24, 2.45) is 0 Å². The van der Waals surface area contributed by atoms with Gasteiger partial charge in [0.25, 0.3) is 0 Å². The molecule has 0 aliphatic heterocycles. The summed E-state index contributed by atoms with van der Waals surface area (Å²) in [7, 11) is 1.74. The van der Waals surface area contributed by atoms with Crippen LogP contribution in [0.4, 0.5) is 0 Å². The molecule has 34 valence electrons. The van der Waals surface area contributed by atoms with Crippen molar-refractivity contribution in [3.8, 4) is 0 Å². The first-order valence-corrected chi connectivity index (χ1v) is 1.86. The van der Waals surface area contributed by atoms with E-state index in [9.17, 15) is 0 Å². The Hall–Kier alpha value is -0.995. The topological polar surface area (TPSA) is 51.6 Å². The lowest BCUT2D eigenvalue weighted by Crippen LogP contribution is -2.15. The summed E-state index contributed by atoms with van der Waals surface area (Å²) in [6, 6.07) is 0. The van der Waals surface area contributed by atoms with Gasteiger partial charge in [-0.15, -0.1) is 20.4 Å². The molecule has 0 atom stereocenters. The molecule has 0 unspecified atom stereocenters. The lowest BCUT2D eigenvalue weighted by Gasteiger charge is -1.78. The average molecular weight is 93.9 g/mol. The van der Waals surface area contributed by atoms with Gasteiger partial charge in [-0.25, -0.2) is 0 Å². The van der Waals surface area contributed by atoms with E-state index in [2.05, 4.69) is 20.4 Å². The monoisotopic (exact) mass is 94.0 g/mol. The summed E-state index contributed by atoms with van der Waals surface area (Å²) in [4.78, 5) is 0. The molecule has 0 saturated heterocycles. The summed E-state index contributed by atoms with van der Waals surface area (Å²) in [6.45, 7) is 0. The van der Waals surface area contributed by atoms with Crippen LogP contribution in [-0.4, -0.2) is 28.2 Å². The molecule has 0 fully saturated rings. The number of nitrogens with zero attached hydrogens (tertiary/aromatic N) is 4. The van der Waals surface area contributed by atoms with E-state index in [-0.39, 0.29) is 0 Å². The Morgan fingerprint density at radius 3 is 2.14 bits per heavy atom. The number of aromatic nitrogens is 4. The third-order valence-corrected chi connectivity index (χ3v) is 0.508. The van der Waals surface area contributed by atoms with Crippen molar-refractivity contribution < 1.29 is 0 Å². The van der Waals surface area contributed by atoms with Gasteiger partial charge >= 0.3 is 0 Å². The van der Waals surface area contributed by atoms with Crippen LogP contribution in [-0.2, 0) is 0 Å². The van der Waals surface area contributed by atoms with E-state index >= 15 is 0 Å². The van der Waals surface area contributed by atoms with Crippen molar-refractivity contribution in [1.29, 1.82) is 0 Å². The van der Waals surface area contributed by atoms with Crippen LogP contribution in [0.25, 0.3) is 0 Å². The normalized spacial score (nSPS) is 8.57. The van der Waals surface area contributed by atoms with E-state index in [0.717, 1.165) is 0 Å². The van der Waals surface area contributed by atoms with Crippen LogP contribution in [0.5, 0.6) is 0 Å². The van der Waals surface area contributed by atoms with E-state index in [4.69, 9.17) is 0 Å². The van der Waals surface area contributed by atoms with Crippen molar-refractivity contribution in [1.82, 2.24) is 20.4 Å². The molecule has 0 aliphatic carbocycles. The summed E-state index contributed by atoms with van der Waals surface area (Å²) in [5.41, 5.74) is 0.600. The van der Waals surface area contributed by atoms with Crippen molar-refractivity contribution in [2.45, 2.75) is 0 Å². The van der Waals surface area contributed by atoms with Crippen LogP contribution in [0, 0.1) is 0 Å². The molecule has 1 rings (SSSR count). The van der Waals surface area contributed by atoms with E-state index < -0.39 is 0 Å². The summed E-state index contributed by atoms with van der Waals surface area (Å²) >= 11 is 0. The van der Waals surface area contributed by atoms with E-state index in [0.29, 0.717) is 5.72 Å². The summed E-state index contributed by atoms with van der Waals surface area (Å²) in [5.74, 6) is 0. The zero-order valence-corrected chi connectivity index (χ0v) is 3.87. The van der Waals surface area contributed by atoms with Crippen LogP contribution in [0.3, 0.4) is 0 Å². The van der Waals surface area contributed by atoms with Crippen molar-refractivity contribution in [2.75, 3.05) is 0 Å². The summed E-state index contributed by atoms with van der Waals surface area (Å²) in [5, 5.41) is 14.0. The Morgan fingerprint density at radius 2 is 1.86 bits per heavy atom. The molecule has 0 radical (unpaired) electrons. The molecule has 1 aromatic heterocycles. The Bertz CT molecular complexity index is 140. The average Bonchev–Trinajstić information content (AvgIpc) is 1.69. The summed E-state index contributed by atoms with van der Waals surface area (Å²) < 4.78 is 0. The molecule has 1 aromatic rings. The zero-order valence-electron chi connectivity index (χ0n) is 3.87. The molecule has 1 heterocycles. The van der Waals surface area contributed by atoms with Gasteiger partial charge in [0, 0.05) is 0 Å². The minimum Gasteiger partial charge on any atom is -0.144 e. The fourth-order valence-electron chi connectivity index (χ4n) is 0.262. The standard InChI is InChI=1S/C2H3BN4/c3-2-6-4-1-5-7-2/h1H,3H2. The number of hydrogen-bond donors (Lipinski definition) is 0. The molecule has 0 saturated carbocycles. The maximum atomic E-state index is 3.56. The van der Waals surface area contributed by atoms with Gasteiger partial charge in [-0.05, 0) is 0 Å². The van der Waals surface area contributed by atoms with Gasteiger partial charge < -0.3 is 0 Å². The van der Waals surface area contributed by atoms with Crippen LogP contribution in [0.15, 0.2) is 6.33 Å². The fraction of sp³-hybridized carbons (Fsp3) is 0. The van der Waals surface area contributed by atoms with E-state index in [1.54, 1.807) is 7.85 Å². The summed E-state index contributed by atoms with van der Waals surface area (Å²) in [6.07, 6.45) is 1.30. The molecule has 0 bridgehead atoms. The Labute approximate surface area is 41.4 Å². The second-order valence-electron chi connectivity index (χ2n) is 1.09. The van der Waals surface area contributed by atoms with Gasteiger partial charge in [0.1, 0.15) is 5.72 Å². The molecule has 7 heavy (non-hydrogen) atoms. The molecule has 5 heteroatoms. The largest absolute Gasteiger partial charge is 0.194 e. The van der Waals surface area contributed by atoms with Crippen LogP contribution in [0.1, 0.15) is 0 Å². The first-order chi connectivity index (χ1) is 3.39. The van der Waals surface area contributed by atoms with E-state index in [1.165, 1.54) is 6.33 Å². The predicted molar refractivity (Wildman–Crippen MR) is 25.8 cm³/mol. The van der Waals surface area contributed by atoms with Gasteiger partial charge in [0.2, 0.25) is 0 Å². The highest BCUT2D eigenvalue weighted by Crippen LogP contribution is 1.47. The highest BCUT2D eigenvalue weighted by atomic mass is 15.3. The maximum Gasteiger partial charge on any atom is 0.194 e. The molecule has 0 aromatic carbocycles. The second-order valence-corrected chi connectivity index (χ2v) is 1.09. The molecule has 4 nitrogen and oxygen atoms in total. The number of rotatable bonds is 0. The lowest BCUT2D eigenvalue weighted by molar-refractivity contribution is 0.888. The highest BCUT2D eigenvalue weighted by Gasteiger charge is 1.78. The van der Waals surface area contributed by atoms with Crippen molar-refractivity contribution in [3.05, 3.63) is 6.33 Å². The van der Waals surface area contributed by atoms with Crippen molar-refractivity contribution >= 4 is 13.6 Å². The highest BCUT2D eigenvalue weighted by molar-refractivity contribution is 6.28. The number of hydrogen-bond acceptors (Lipinski definition) is 4. The van der Waals surface area contributed by atoms with Crippen LogP contribution >= 0.6 is 0 Å². The third kappa shape index (κ3) is 0.921. The van der Waals surface area contributed by atoms with Gasteiger partial charge in [-0.3, -0.25) is 0 Å². The molecule has 0 N–H and O–H groups in total. The predicted octanol–water partition coefficient (Wildman–Crippen LogP) is -2.48. The van der Waals surface area contributed by atoms with Crippen LogP contribution < -0.4 is 5.72 Å². The van der Waals surface area contributed by atoms with Gasteiger partial charge in [-0.1, -0.05) is 0 Å². The van der Waals surface area contributed by atoms with Crippen LogP contribution in [0.2, 0.25) is 0 Å². The SMILES string of the molecule is Bc1nncnn1. The third-order valence-electron chi connectivity index (χ3n) is 0.508. The molecule has 0 amide bonds. The maximum absolute atomic E-state index is 3.56. The molecular weight excluding hydrogens is 90.9 g/mol. The van der Waals surface area contributed by atoms with E-state index in [1.807, 2.05) is 0 Å². The van der Waals surface area contributed by atoms with Gasteiger partial charge in [0.05, 0.1) is 0 Å². The van der Waals surface area contributed by atoms with Gasteiger partial charge in [-0.2, -0.15) is 0 Å². The first-order valence-electron chi connectivity index (χ1n) is 1.86. The first kappa shape index (κ1) is 4.17. The Balaban J connectivity index is 3.02. The fourth-order valence-corrected chi connectivity index (χ4v) is 0.262. The lowest BCUT2D eigenvalue weighted by atomic mass is 10.1. The second kappa shape index (κ2) is 1.64. The molecule has 0 aliphatic rings. The Kier molecular flexibility index (Phi) is 0.975. The Morgan fingerprint density at radius 1 is 1.29 bits per heavy atom.